The van der Waals surface area contributed by atoms with Gasteiger partial charge in [0.15, 0.2) is 0 Å². The number of aryl methyl sites for hydroxylation is 1. The third-order valence-corrected chi connectivity index (χ3v) is 3.99. The fourth-order valence-corrected chi connectivity index (χ4v) is 2.55. The van der Waals surface area contributed by atoms with Gasteiger partial charge in [-0.15, -0.1) is 0 Å². The number of unbranched alkanes of at least 4 members (excludes halogenated alkanes) is 2. The molecule has 0 saturated carbocycles. The Morgan fingerprint density at radius 3 is 2.64 bits per heavy atom. The summed E-state index contributed by atoms with van der Waals surface area (Å²) in [5, 5.41) is 6.25. The monoisotopic (exact) mass is 359 g/mol. The largest absolute Gasteiger partial charge is 0.351 e. The van der Waals surface area contributed by atoms with E-state index >= 15 is 0 Å². The van der Waals surface area contributed by atoms with Crippen LogP contribution in [0.5, 0.6) is 0 Å². The first-order valence-electron chi connectivity index (χ1n) is 8.33. The molecule has 1 aromatic heterocycles. The van der Waals surface area contributed by atoms with Crippen LogP contribution < -0.4 is 10.6 Å². The van der Waals surface area contributed by atoms with Crippen LogP contribution >= 0.6 is 11.6 Å². The molecule has 0 aliphatic rings. The number of aromatic nitrogens is 1. The quantitative estimate of drug-likeness (QED) is 0.727. The van der Waals surface area contributed by atoms with Crippen LogP contribution in [0.2, 0.25) is 5.02 Å². The van der Waals surface area contributed by atoms with E-state index in [0.29, 0.717) is 22.8 Å². The van der Waals surface area contributed by atoms with Gasteiger partial charge in [0.1, 0.15) is 5.69 Å². The average molecular weight is 360 g/mol. The molecule has 132 valence electrons. The summed E-state index contributed by atoms with van der Waals surface area (Å²) >= 11 is 5.92. The minimum Gasteiger partial charge on any atom is -0.351 e. The van der Waals surface area contributed by atoms with E-state index in [4.69, 9.17) is 11.6 Å². The highest BCUT2D eigenvalue weighted by Crippen LogP contribution is 2.20. The van der Waals surface area contributed by atoms with Crippen LogP contribution in [0, 0.1) is 6.92 Å². The smallest absolute Gasteiger partial charge is 0.269 e. The van der Waals surface area contributed by atoms with E-state index in [1.807, 2.05) is 6.92 Å². The van der Waals surface area contributed by atoms with Crippen molar-refractivity contribution < 1.29 is 9.59 Å². The molecule has 0 spiro atoms. The van der Waals surface area contributed by atoms with Gasteiger partial charge in [-0.2, -0.15) is 0 Å². The van der Waals surface area contributed by atoms with E-state index < -0.39 is 0 Å². The number of halogens is 1. The first-order chi connectivity index (χ1) is 12.0. The highest BCUT2D eigenvalue weighted by atomic mass is 35.5. The van der Waals surface area contributed by atoms with E-state index in [0.717, 1.165) is 24.8 Å². The van der Waals surface area contributed by atoms with Gasteiger partial charge in [-0.3, -0.25) is 14.6 Å². The van der Waals surface area contributed by atoms with Crippen LogP contribution in [0.4, 0.5) is 5.69 Å². The summed E-state index contributed by atoms with van der Waals surface area (Å²) in [5.41, 5.74) is 2.15. The SMILES string of the molecule is CCCCCNC(=O)c1cc(C(=O)Nc2ccc(Cl)cc2C)ccn1. The van der Waals surface area contributed by atoms with Crippen molar-refractivity contribution in [1.82, 2.24) is 10.3 Å². The molecule has 1 heterocycles. The van der Waals surface area contributed by atoms with Gasteiger partial charge in [0, 0.05) is 29.0 Å². The maximum Gasteiger partial charge on any atom is 0.269 e. The highest BCUT2D eigenvalue weighted by Gasteiger charge is 2.12. The second-order valence-corrected chi connectivity index (χ2v) is 6.24. The molecule has 0 aliphatic heterocycles. The molecule has 0 unspecified atom stereocenters. The Morgan fingerprint density at radius 1 is 1.12 bits per heavy atom. The van der Waals surface area contributed by atoms with Crippen molar-refractivity contribution in [1.29, 1.82) is 0 Å². The summed E-state index contributed by atoms with van der Waals surface area (Å²) in [6, 6.07) is 8.31. The number of benzene rings is 1. The molecule has 5 nitrogen and oxygen atoms in total. The molecule has 0 aliphatic carbocycles. The van der Waals surface area contributed by atoms with Crippen molar-refractivity contribution in [3.05, 3.63) is 58.4 Å². The Morgan fingerprint density at radius 2 is 1.92 bits per heavy atom. The Labute approximate surface area is 152 Å². The van der Waals surface area contributed by atoms with Gasteiger partial charge in [0.2, 0.25) is 0 Å². The second-order valence-electron chi connectivity index (χ2n) is 5.81. The lowest BCUT2D eigenvalue weighted by molar-refractivity contribution is 0.0948. The van der Waals surface area contributed by atoms with Gasteiger partial charge in [-0.05, 0) is 49.2 Å². The van der Waals surface area contributed by atoms with E-state index in [2.05, 4.69) is 22.5 Å². The van der Waals surface area contributed by atoms with Crippen LogP contribution in [0.15, 0.2) is 36.5 Å². The lowest BCUT2D eigenvalue weighted by Crippen LogP contribution is -2.26. The predicted octanol–water partition coefficient (Wildman–Crippen LogP) is 4.22. The molecule has 0 atom stereocenters. The second kappa shape index (κ2) is 9.18. The van der Waals surface area contributed by atoms with Crippen LogP contribution in [-0.2, 0) is 0 Å². The number of anilines is 1. The Balaban J connectivity index is 2.04. The Bertz CT molecular complexity index is 762. The van der Waals surface area contributed by atoms with Crippen molar-refractivity contribution in [2.45, 2.75) is 33.1 Å². The molecular weight excluding hydrogens is 338 g/mol. The highest BCUT2D eigenvalue weighted by molar-refractivity contribution is 6.30. The first-order valence-corrected chi connectivity index (χ1v) is 8.71. The average Bonchev–Trinajstić information content (AvgIpc) is 2.61. The normalized spacial score (nSPS) is 10.4. The summed E-state index contributed by atoms with van der Waals surface area (Å²) < 4.78 is 0. The summed E-state index contributed by atoms with van der Waals surface area (Å²) in [4.78, 5) is 28.6. The number of nitrogens with one attached hydrogen (secondary N) is 2. The summed E-state index contributed by atoms with van der Waals surface area (Å²) in [7, 11) is 0. The molecule has 2 aromatic rings. The molecule has 2 amide bonds. The minimum absolute atomic E-state index is 0.233. The zero-order chi connectivity index (χ0) is 18.2. The van der Waals surface area contributed by atoms with E-state index in [9.17, 15) is 9.59 Å². The molecule has 0 bridgehead atoms. The maximum absolute atomic E-state index is 12.4. The molecule has 0 radical (unpaired) electrons. The predicted molar refractivity (Wildman–Crippen MR) is 100 cm³/mol. The Kier molecular flexibility index (Phi) is 6.95. The van der Waals surface area contributed by atoms with Crippen molar-refractivity contribution >= 4 is 29.1 Å². The van der Waals surface area contributed by atoms with Crippen molar-refractivity contribution in [3.8, 4) is 0 Å². The van der Waals surface area contributed by atoms with Crippen molar-refractivity contribution in [2.75, 3.05) is 11.9 Å². The summed E-state index contributed by atoms with van der Waals surface area (Å²) in [6.45, 7) is 4.58. The molecule has 0 saturated heterocycles. The molecule has 1 aromatic carbocycles. The zero-order valence-electron chi connectivity index (χ0n) is 14.4. The van der Waals surface area contributed by atoms with Crippen molar-refractivity contribution in [3.63, 3.8) is 0 Å². The van der Waals surface area contributed by atoms with E-state index in [1.165, 1.54) is 12.3 Å². The lowest BCUT2D eigenvalue weighted by atomic mass is 10.1. The van der Waals surface area contributed by atoms with Gasteiger partial charge in [0.05, 0.1) is 0 Å². The third-order valence-electron chi connectivity index (χ3n) is 3.76. The Hall–Kier alpha value is -2.40. The van der Waals surface area contributed by atoms with Gasteiger partial charge in [-0.25, -0.2) is 0 Å². The number of pyridine rings is 1. The molecule has 2 rings (SSSR count). The standard InChI is InChI=1S/C19H22ClN3O2/c1-3-4-5-9-22-19(25)17-12-14(8-10-21-17)18(24)23-16-7-6-15(20)11-13(16)2/h6-8,10-12H,3-5,9H2,1-2H3,(H,22,25)(H,23,24). The number of carbonyl (C=O) groups excluding carboxylic acids is 2. The number of rotatable bonds is 7. The summed E-state index contributed by atoms with van der Waals surface area (Å²) in [5.74, 6) is -0.568. The summed E-state index contributed by atoms with van der Waals surface area (Å²) in [6.07, 6.45) is 4.55. The van der Waals surface area contributed by atoms with Crippen molar-refractivity contribution in [2.24, 2.45) is 0 Å². The molecule has 0 fully saturated rings. The maximum atomic E-state index is 12.4. The zero-order valence-corrected chi connectivity index (χ0v) is 15.2. The van der Waals surface area contributed by atoms with Gasteiger partial charge in [0.25, 0.3) is 11.8 Å². The molecule has 6 heteroatoms. The van der Waals surface area contributed by atoms with Crippen LogP contribution in [0.25, 0.3) is 0 Å². The lowest BCUT2D eigenvalue weighted by Gasteiger charge is -2.09. The number of carbonyl (C=O) groups is 2. The van der Waals surface area contributed by atoms with E-state index in [1.54, 1.807) is 24.3 Å². The van der Waals surface area contributed by atoms with Gasteiger partial charge < -0.3 is 10.6 Å². The minimum atomic E-state index is -0.298. The fourth-order valence-electron chi connectivity index (χ4n) is 2.33. The molecule has 2 N–H and O–H groups in total. The number of amides is 2. The topological polar surface area (TPSA) is 71.1 Å². The molecular formula is C19H22ClN3O2. The number of hydrogen-bond acceptors (Lipinski definition) is 3. The fraction of sp³-hybridized carbons (Fsp3) is 0.316. The third kappa shape index (κ3) is 5.57. The van der Waals surface area contributed by atoms with Crippen LogP contribution in [0.1, 0.15) is 52.6 Å². The van der Waals surface area contributed by atoms with E-state index in [-0.39, 0.29) is 17.5 Å². The van der Waals surface area contributed by atoms with Gasteiger partial charge >= 0.3 is 0 Å². The first kappa shape index (κ1) is 18.9. The van der Waals surface area contributed by atoms with Crippen LogP contribution in [0.3, 0.4) is 0 Å². The van der Waals surface area contributed by atoms with Crippen LogP contribution in [-0.4, -0.2) is 23.3 Å². The molecule has 25 heavy (non-hydrogen) atoms. The van der Waals surface area contributed by atoms with Gasteiger partial charge in [-0.1, -0.05) is 31.4 Å². The number of hydrogen-bond donors (Lipinski definition) is 2. The number of nitrogens with zero attached hydrogens (tertiary/aromatic N) is 1.